The number of carbonyl (C=O) groups excluding carboxylic acids is 2. The van der Waals surface area contributed by atoms with E-state index in [2.05, 4.69) is 15.2 Å². The highest BCUT2D eigenvalue weighted by molar-refractivity contribution is 6.35. The Morgan fingerprint density at radius 2 is 2.16 bits per heavy atom. The molecule has 3 N–H and O–H groups in total. The van der Waals surface area contributed by atoms with Crippen LogP contribution in [0.15, 0.2) is 30.3 Å². The minimum Gasteiger partial charge on any atom is -0.369 e. The van der Waals surface area contributed by atoms with Crippen molar-refractivity contribution in [3.05, 3.63) is 41.0 Å². The summed E-state index contributed by atoms with van der Waals surface area (Å²) in [7, 11) is 0. The molecule has 2 heterocycles. The molecule has 2 aromatic rings. The largest absolute Gasteiger partial charge is 0.369 e. The number of primary amides is 1. The molecule has 0 saturated carbocycles. The molecule has 1 aliphatic rings. The maximum Gasteiger partial charge on any atom is 0.269 e. The smallest absolute Gasteiger partial charge is 0.269 e. The second kappa shape index (κ2) is 7.80. The summed E-state index contributed by atoms with van der Waals surface area (Å²) in [5.41, 5.74) is 6.35. The molecule has 2 amide bonds. The molecule has 1 saturated heterocycles. The zero-order valence-electron chi connectivity index (χ0n) is 13.9. The number of amides is 2. The van der Waals surface area contributed by atoms with Crippen LogP contribution in [0.25, 0.3) is 10.9 Å². The van der Waals surface area contributed by atoms with Gasteiger partial charge in [0.1, 0.15) is 5.69 Å². The molecule has 1 atom stereocenters. The van der Waals surface area contributed by atoms with Crippen molar-refractivity contribution in [3.63, 3.8) is 0 Å². The number of para-hydroxylation sites is 1. The third-order valence-corrected chi connectivity index (χ3v) is 4.83. The molecule has 1 fully saturated rings. The van der Waals surface area contributed by atoms with E-state index < -0.39 is 0 Å². The maximum atomic E-state index is 12.3. The number of rotatable bonds is 5. The Hall–Kier alpha value is -2.18. The van der Waals surface area contributed by atoms with Gasteiger partial charge in [-0.3, -0.25) is 9.59 Å². The van der Waals surface area contributed by atoms with E-state index in [-0.39, 0.29) is 17.7 Å². The van der Waals surface area contributed by atoms with E-state index >= 15 is 0 Å². The van der Waals surface area contributed by atoms with Crippen LogP contribution in [0.3, 0.4) is 0 Å². The number of hydrogen-bond donors (Lipinski definition) is 2. The summed E-state index contributed by atoms with van der Waals surface area (Å²) in [6.07, 6.45) is 1.80. The molecule has 0 aliphatic carbocycles. The van der Waals surface area contributed by atoms with Gasteiger partial charge in [0.05, 0.1) is 16.5 Å². The van der Waals surface area contributed by atoms with E-state index in [1.807, 2.05) is 18.2 Å². The Kier molecular flexibility index (Phi) is 5.50. The van der Waals surface area contributed by atoms with Crippen LogP contribution in [0.5, 0.6) is 0 Å². The second-order valence-corrected chi connectivity index (χ2v) is 6.71. The minimum absolute atomic E-state index is 0.0891. The van der Waals surface area contributed by atoms with E-state index in [0.717, 1.165) is 24.8 Å². The molecule has 6 nitrogen and oxygen atoms in total. The zero-order chi connectivity index (χ0) is 17.8. The highest BCUT2D eigenvalue weighted by atomic mass is 35.5. The van der Waals surface area contributed by atoms with Gasteiger partial charge in [-0.2, -0.15) is 0 Å². The van der Waals surface area contributed by atoms with E-state index in [1.54, 1.807) is 12.1 Å². The van der Waals surface area contributed by atoms with Crippen molar-refractivity contribution in [1.29, 1.82) is 0 Å². The number of likely N-dealkylation sites (tertiary alicyclic amines) is 1. The molecular weight excluding hydrogens is 340 g/mol. The average molecular weight is 361 g/mol. The van der Waals surface area contributed by atoms with Crippen LogP contribution in [0, 0.1) is 5.92 Å². The Morgan fingerprint density at radius 3 is 2.96 bits per heavy atom. The summed E-state index contributed by atoms with van der Waals surface area (Å²) in [6.45, 7) is 2.76. The molecule has 0 radical (unpaired) electrons. The Labute approximate surface area is 151 Å². The number of nitrogens with one attached hydrogen (secondary N) is 1. The van der Waals surface area contributed by atoms with Crippen LogP contribution < -0.4 is 11.1 Å². The van der Waals surface area contributed by atoms with Gasteiger partial charge < -0.3 is 16.0 Å². The van der Waals surface area contributed by atoms with Gasteiger partial charge in [0.25, 0.3) is 5.91 Å². The monoisotopic (exact) mass is 360 g/mol. The van der Waals surface area contributed by atoms with E-state index in [9.17, 15) is 9.59 Å². The summed E-state index contributed by atoms with van der Waals surface area (Å²) in [6, 6.07) is 9.04. The van der Waals surface area contributed by atoms with E-state index in [4.69, 9.17) is 17.3 Å². The first-order valence-corrected chi connectivity index (χ1v) is 8.77. The summed E-state index contributed by atoms with van der Waals surface area (Å²) in [4.78, 5) is 30.1. The van der Waals surface area contributed by atoms with Gasteiger partial charge in [0.15, 0.2) is 0 Å². The Balaban J connectivity index is 1.56. The lowest BCUT2D eigenvalue weighted by molar-refractivity contribution is -0.123. The summed E-state index contributed by atoms with van der Waals surface area (Å²) < 4.78 is 0. The van der Waals surface area contributed by atoms with Gasteiger partial charge in [0, 0.05) is 25.0 Å². The number of carbonyl (C=O) groups is 2. The third-order valence-electron chi connectivity index (χ3n) is 4.53. The van der Waals surface area contributed by atoms with Crippen LogP contribution in [-0.2, 0) is 4.79 Å². The molecule has 0 bridgehead atoms. The standard InChI is InChI=1S/C18H21ClN4O2/c19-14-5-1-3-12-6-7-15(22-16(12)14)18(25)21-8-10-23-9-2-4-13(11-23)17(20)24/h1,3,5-7,13H,2,4,8-11H2,(H2,20,24)(H,21,25)/t13-/m0/s1. The van der Waals surface area contributed by atoms with E-state index in [0.29, 0.717) is 35.9 Å². The second-order valence-electron chi connectivity index (χ2n) is 6.31. The maximum absolute atomic E-state index is 12.3. The van der Waals surface area contributed by atoms with Crippen molar-refractivity contribution in [2.24, 2.45) is 11.7 Å². The first-order chi connectivity index (χ1) is 12.0. The molecule has 3 rings (SSSR count). The van der Waals surface area contributed by atoms with Gasteiger partial charge in [-0.15, -0.1) is 0 Å². The molecular formula is C18H21ClN4O2. The molecule has 25 heavy (non-hydrogen) atoms. The van der Waals surface area contributed by atoms with E-state index in [1.165, 1.54) is 0 Å². The normalized spacial score (nSPS) is 18.2. The minimum atomic E-state index is -0.244. The van der Waals surface area contributed by atoms with Crippen molar-refractivity contribution >= 4 is 34.3 Å². The lowest BCUT2D eigenvalue weighted by Crippen LogP contribution is -2.44. The van der Waals surface area contributed by atoms with Gasteiger partial charge >= 0.3 is 0 Å². The predicted octanol–water partition coefficient (Wildman–Crippen LogP) is 1.82. The molecule has 0 spiro atoms. The van der Waals surface area contributed by atoms with Crippen LogP contribution in [0.2, 0.25) is 5.02 Å². The van der Waals surface area contributed by atoms with Gasteiger partial charge in [-0.05, 0) is 31.5 Å². The molecule has 7 heteroatoms. The number of fused-ring (bicyclic) bond motifs is 1. The lowest BCUT2D eigenvalue weighted by atomic mass is 9.97. The fourth-order valence-corrected chi connectivity index (χ4v) is 3.37. The van der Waals surface area contributed by atoms with Gasteiger partial charge in [-0.1, -0.05) is 29.8 Å². The molecule has 1 aromatic heterocycles. The number of nitrogens with zero attached hydrogens (tertiary/aromatic N) is 2. The summed E-state index contributed by atoms with van der Waals surface area (Å²) >= 11 is 6.14. The summed E-state index contributed by atoms with van der Waals surface area (Å²) in [5.74, 6) is -0.565. The Bertz CT molecular complexity index is 796. The SMILES string of the molecule is NC(=O)[C@H]1CCCN(CCNC(=O)c2ccc3cccc(Cl)c3n2)C1. The third kappa shape index (κ3) is 4.27. The van der Waals surface area contributed by atoms with Crippen LogP contribution >= 0.6 is 11.6 Å². The zero-order valence-corrected chi connectivity index (χ0v) is 14.6. The first-order valence-electron chi connectivity index (χ1n) is 8.40. The highest BCUT2D eigenvalue weighted by Crippen LogP contribution is 2.21. The van der Waals surface area contributed by atoms with Crippen molar-refractivity contribution in [2.75, 3.05) is 26.2 Å². The molecule has 0 unspecified atom stereocenters. The molecule has 1 aliphatic heterocycles. The topological polar surface area (TPSA) is 88.3 Å². The van der Waals surface area contributed by atoms with Crippen molar-refractivity contribution < 1.29 is 9.59 Å². The highest BCUT2D eigenvalue weighted by Gasteiger charge is 2.23. The van der Waals surface area contributed by atoms with Gasteiger partial charge in [-0.25, -0.2) is 4.98 Å². The number of benzene rings is 1. The number of aromatic nitrogens is 1. The van der Waals surface area contributed by atoms with Crippen molar-refractivity contribution in [2.45, 2.75) is 12.8 Å². The summed E-state index contributed by atoms with van der Waals surface area (Å²) in [5, 5.41) is 4.30. The fraction of sp³-hybridized carbons (Fsp3) is 0.389. The number of piperidine rings is 1. The number of nitrogens with two attached hydrogens (primary N) is 1. The number of pyridine rings is 1. The lowest BCUT2D eigenvalue weighted by Gasteiger charge is -2.31. The predicted molar refractivity (Wildman–Crippen MR) is 97.4 cm³/mol. The quantitative estimate of drug-likeness (QED) is 0.851. The van der Waals surface area contributed by atoms with Crippen LogP contribution in [0.1, 0.15) is 23.3 Å². The number of halogens is 1. The number of hydrogen-bond acceptors (Lipinski definition) is 4. The Morgan fingerprint density at radius 1 is 1.32 bits per heavy atom. The van der Waals surface area contributed by atoms with Crippen LogP contribution in [-0.4, -0.2) is 47.9 Å². The average Bonchev–Trinajstić information content (AvgIpc) is 2.62. The van der Waals surface area contributed by atoms with Crippen LogP contribution in [0.4, 0.5) is 0 Å². The molecule has 1 aromatic carbocycles. The van der Waals surface area contributed by atoms with Crippen molar-refractivity contribution in [3.8, 4) is 0 Å². The fourth-order valence-electron chi connectivity index (χ4n) is 3.15. The first kappa shape index (κ1) is 17.6. The van der Waals surface area contributed by atoms with Crippen molar-refractivity contribution in [1.82, 2.24) is 15.2 Å². The van der Waals surface area contributed by atoms with Gasteiger partial charge in [0.2, 0.25) is 5.91 Å². The molecule has 132 valence electrons.